The van der Waals surface area contributed by atoms with Gasteiger partial charge >= 0.3 is 0 Å². The molecule has 1 aliphatic heterocycles. The van der Waals surface area contributed by atoms with Crippen LogP contribution in [0.25, 0.3) is 22.3 Å². The van der Waals surface area contributed by atoms with Crippen LogP contribution in [-0.2, 0) is 0 Å². The van der Waals surface area contributed by atoms with Gasteiger partial charge < -0.3 is 24.6 Å². The zero-order chi connectivity index (χ0) is 19.1. The molecule has 0 aliphatic carbocycles. The van der Waals surface area contributed by atoms with E-state index in [4.69, 9.17) is 4.42 Å². The predicted molar refractivity (Wildman–Crippen MR) is 101 cm³/mol. The molecule has 4 N–H and O–H groups in total. The van der Waals surface area contributed by atoms with Gasteiger partial charge in [-0.2, -0.15) is 0 Å². The molecule has 0 bridgehead atoms. The van der Waals surface area contributed by atoms with Gasteiger partial charge in [0.1, 0.15) is 40.9 Å². The fourth-order valence-corrected chi connectivity index (χ4v) is 3.96. The van der Waals surface area contributed by atoms with E-state index >= 15 is 0 Å². The Morgan fingerprint density at radius 1 is 1.11 bits per heavy atom. The van der Waals surface area contributed by atoms with Crippen LogP contribution in [-0.4, -0.2) is 41.6 Å². The maximum absolute atomic E-state index is 12.7. The zero-order valence-corrected chi connectivity index (χ0v) is 15.0. The number of likely N-dealkylation sites (tertiary alicyclic amines) is 1. The first-order valence-corrected chi connectivity index (χ1v) is 9.03. The Hall–Kier alpha value is -2.83. The average Bonchev–Trinajstić information content (AvgIpc) is 2.63. The van der Waals surface area contributed by atoms with Gasteiger partial charge in [-0.1, -0.05) is 30.3 Å². The number of benzene rings is 2. The molecule has 1 aromatic heterocycles. The van der Waals surface area contributed by atoms with Crippen molar-refractivity contribution in [3.05, 3.63) is 58.3 Å². The third-order valence-corrected chi connectivity index (χ3v) is 5.33. The van der Waals surface area contributed by atoms with E-state index in [2.05, 4.69) is 0 Å². The first-order chi connectivity index (χ1) is 13.0. The summed E-state index contributed by atoms with van der Waals surface area (Å²) < 4.78 is 6.01. The van der Waals surface area contributed by atoms with Crippen molar-refractivity contribution in [3.63, 3.8) is 0 Å². The molecular formula is C21H22NO5+. The normalized spacial score (nSPS) is 22.8. The van der Waals surface area contributed by atoms with Gasteiger partial charge in [0.25, 0.3) is 0 Å². The van der Waals surface area contributed by atoms with E-state index in [1.807, 2.05) is 37.4 Å². The van der Waals surface area contributed by atoms with Gasteiger partial charge in [0.2, 0.25) is 0 Å². The maximum atomic E-state index is 12.7. The Labute approximate surface area is 155 Å². The Morgan fingerprint density at radius 2 is 1.85 bits per heavy atom. The summed E-state index contributed by atoms with van der Waals surface area (Å²) in [6, 6.07) is 11.7. The minimum absolute atomic E-state index is 0.0287. The van der Waals surface area contributed by atoms with Gasteiger partial charge in [-0.3, -0.25) is 4.79 Å². The second-order valence-corrected chi connectivity index (χ2v) is 7.25. The van der Waals surface area contributed by atoms with Crippen molar-refractivity contribution < 1.29 is 24.6 Å². The molecule has 1 saturated heterocycles. The average molecular weight is 368 g/mol. The van der Waals surface area contributed by atoms with Crippen molar-refractivity contribution >= 4 is 11.0 Å². The van der Waals surface area contributed by atoms with E-state index < -0.39 is 6.10 Å². The number of nitrogens with one attached hydrogen (secondary N) is 1. The van der Waals surface area contributed by atoms with Gasteiger partial charge in [-0.15, -0.1) is 0 Å². The minimum atomic E-state index is -0.678. The van der Waals surface area contributed by atoms with Crippen LogP contribution < -0.4 is 10.3 Å². The summed E-state index contributed by atoms with van der Waals surface area (Å²) in [4.78, 5) is 13.9. The molecule has 140 valence electrons. The minimum Gasteiger partial charge on any atom is -0.507 e. The number of aliphatic hydroxyl groups is 1. The Morgan fingerprint density at radius 3 is 2.56 bits per heavy atom. The van der Waals surface area contributed by atoms with Crippen molar-refractivity contribution in [1.82, 2.24) is 0 Å². The first kappa shape index (κ1) is 17.6. The van der Waals surface area contributed by atoms with Crippen molar-refractivity contribution in [3.8, 4) is 22.8 Å². The number of aromatic hydroxyl groups is 2. The Bertz CT molecular complexity index is 1040. The maximum Gasteiger partial charge on any atom is 0.197 e. The number of aliphatic hydroxyl groups excluding tert-OH is 1. The topological polar surface area (TPSA) is 95.3 Å². The van der Waals surface area contributed by atoms with Crippen LogP contribution in [0.4, 0.5) is 0 Å². The summed E-state index contributed by atoms with van der Waals surface area (Å²) in [5, 5.41) is 31.4. The highest BCUT2D eigenvalue weighted by Gasteiger charge is 2.34. The number of hydrogen-bond donors (Lipinski definition) is 4. The number of fused-ring (bicyclic) bond motifs is 1. The van der Waals surface area contributed by atoms with Crippen molar-refractivity contribution in [2.75, 3.05) is 20.1 Å². The van der Waals surface area contributed by atoms with Crippen molar-refractivity contribution in [2.24, 2.45) is 0 Å². The number of rotatable bonds is 2. The molecule has 6 heteroatoms. The molecule has 3 atom stereocenters. The van der Waals surface area contributed by atoms with Crippen LogP contribution in [0.15, 0.2) is 51.7 Å². The molecule has 1 fully saturated rings. The molecule has 1 aliphatic rings. The fourth-order valence-electron chi connectivity index (χ4n) is 3.96. The lowest BCUT2D eigenvalue weighted by atomic mass is 9.85. The summed E-state index contributed by atoms with van der Waals surface area (Å²) in [6.45, 7) is 1.36. The number of phenolic OH excluding ortho intramolecular Hbond substituents is 2. The molecule has 0 saturated carbocycles. The second kappa shape index (κ2) is 6.72. The van der Waals surface area contributed by atoms with Gasteiger partial charge in [0.05, 0.1) is 13.6 Å². The number of likely N-dealkylation sites (N-methyl/N-ethyl adjacent to an activating group) is 1. The van der Waals surface area contributed by atoms with E-state index in [0.29, 0.717) is 24.3 Å². The molecule has 0 radical (unpaired) electrons. The largest absolute Gasteiger partial charge is 0.507 e. The molecule has 2 heterocycles. The third kappa shape index (κ3) is 3.07. The molecule has 0 amide bonds. The molecular weight excluding hydrogens is 346 g/mol. The molecule has 2 aromatic carbocycles. The lowest BCUT2D eigenvalue weighted by Crippen LogP contribution is -3.11. The van der Waals surface area contributed by atoms with Gasteiger partial charge in [-0.05, 0) is 0 Å². The Kier molecular flexibility index (Phi) is 4.37. The predicted octanol–water partition coefficient (Wildman–Crippen LogP) is 1.23. The van der Waals surface area contributed by atoms with Gasteiger partial charge in [0, 0.05) is 35.6 Å². The summed E-state index contributed by atoms with van der Waals surface area (Å²) in [6.07, 6.45) is -0.0391. The number of quaternary nitrogens is 1. The SMILES string of the molecule is C[NH+]1CCC(c2c(O)cc(O)c3c(=O)cc(-c4ccccc4)oc23)C(O)C1. The van der Waals surface area contributed by atoms with E-state index in [9.17, 15) is 20.1 Å². The van der Waals surface area contributed by atoms with Crippen molar-refractivity contribution in [2.45, 2.75) is 18.4 Å². The van der Waals surface area contributed by atoms with Crippen LogP contribution in [0.2, 0.25) is 0 Å². The Balaban J connectivity index is 1.98. The van der Waals surface area contributed by atoms with Crippen LogP contribution in [0.3, 0.4) is 0 Å². The van der Waals surface area contributed by atoms with Crippen LogP contribution in [0, 0.1) is 0 Å². The van der Waals surface area contributed by atoms with Crippen LogP contribution in [0.5, 0.6) is 11.5 Å². The highest BCUT2D eigenvalue weighted by molar-refractivity contribution is 5.89. The number of piperidine rings is 1. The van der Waals surface area contributed by atoms with Crippen LogP contribution >= 0.6 is 0 Å². The summed E-state index contributed by atoms with van der Waals surface area (Å²) >= 11 is 0. The van der Waals surface area contributed by atoms with E-state index in [1.54, 1.807) is 0 Å². The van der Waals surface area contributed by atoms with Crippen LogP contribution in [0.1, 0.15) is 17.9 Å². The zero-order valence-electron chi connectivity index (χ0n) is 15.0. The molecule has 6 nitrogen and oxygen atoms in total. The fraction of sp³-hybridized carbons (Fsp3) is 0.286. The summed E-state index contributed by atoms with van der Waals surface area (Å²) in [5.41, 5.74) is 0.862. The standard InChI is InChI=1S/C21H21NO5/c1-22-8-7-13(17(26)11-22)19-14(23)9-15(24)20-16(25)10-18(27-21(19)20)12-5-3-2-4-6-12/h2-6,9-10,13,17,23-24,26H,7-8,11H2,1H3/p+1. The van der Waals surface area contributed by atoms with E-state index in [-0.39, 0.29) is 33.8 Å². The monoisotopic (exact) mass is 368 g/mol. The molecule has 27 heavy (non-hydrogen) atoms. The number of hydrogen-bond acceptors (Lipinski definition) is 5. The lowest BCUT2D eigenvalue weighted by molar-refractivity contribution is -0.888. The molecule has 0 spiro atoms. The first-order valence-electron chi connectivity index (χ1n) is 9.03. The van der Waals surface area contributed by atoms with Crippen molar-refractivity contribution in [1.29, 1.82) is 0 Å². The second-order valence-electron chi connectivity index (χ2n) is 7.25. The smallest absolute Gasteiger partial charge is 0.197 e. The highest BCUT2D eigenvalue weighted by atomic mass is 16.3. The summed E-state index contributed by atoms with van der Waals surface area (Å²) in [5.74, 6) is -0.511. The van der Waals surface area contributed by atoms with Gasteiger partial charge in [0.15, 0.2) is 5.43 Å². The molecule has 3 unspecified atom stereocenters. The number of phenols is 2. The highest BCUT2D eigenvalue weighted by Crippen LogP contribution is 2.41. The van der Waals surface area contributed by atoms with E-state index in [0.717, 1.165) is 18.2 Å². The summed E-state index contributed by atoms with van der Waals surface area (Å²) in [7, 11) is 2.00. The molecule has 3 aromatic rings. The quantitative estimate of drug-likeness (QED) is 0.546. The molecule has 4 rings (SSSR count). The third-order valence-electron chi connectivity index (χ3n) is 5.33. The van der Waals surface area contributed by atoms with E-state index in [1.165, 1.54) is 11.0 Å². The lowest BCUT2D eigenvalue weighted by Gasteiger charge is -2.32. The van der Waals surface area contributed by atoms with Gasteiger partial charge in [-0.25, -0.2) is 0 Å².